The zero-order chi connectivity index (χ0) is 20.9. The number of carbonyl (C=O) groups is 1. The maximum Gasteiger partial charge on any atom is 0.226 e. The van der Waals surface area contributed by atoms with Crippen molar-refractivity contribution in [2.24, 2.45) is 5.92 Å². The lowest BCUT2D eigenvalue weighted by Crippen LogP contribution is -2.38. The summed E-state index contributed by atoms with van der Waals surface area (Å²) in [6.45, 7) is 5.89. The van der Waals surface area contributed by atoms with Crippen LogP contribution in [0.1, 0.15) is 36.3 Å². The molecule has 1 saturated heterocycles. The number of carbonyl (C=O) groups excluding carboxylic acids is 1. The molecular formula is C25H29ClN2O3. The van der Waals surface area contributed by atoms with E-state index in [0.29, 0.717) is 18.9 Å². The second-order valence-electron chi connectivity index (χ2n) is 7.88. The number of oxazole rings is 1. The van der Waals surface area contributed by atoms with Crippen LogP contribution in [0.5, 0.6) is 5.75 Å². The number of hydrogen-bond acceptors (Lipinski definition) is 5. The minimum absolute atomic E-state index is 0. The molecule has 0 spiro atoms. The van der Waals surface area contributed by atoms with E-state index in [2.05, 4.69) is 22.4 Å². The van der Waals surface area contributed by atoms with Crippen LogP contribution in [0.25, 0.3) is 11.5 Å². The van der Waals surface area contributed by atoms with Crippen LogP contribution >= 0.6 is 12.4 Å². The first kappa shape index (κ1) is 23.0. The third kappa shape index (κ3) is 5.54. The Labute approximate surface area is 189 Å². The van der Waals surface area contributed by atoms with Gasteiger partial charge >= 0.3 is 0 Å². The molecule has 0 bridgehead atoms. The van der Waals surface area contributed by atoms with Gasteiger partial charge in [0.2, 0.25) is 5.89 Å². The Morgan fingerprint density at radius 3 is 2.77 bits per heavy atom. The number of nitrogens with one attached hydrogen (secondary N) is 1. The first-order chi connectivity index (χ1) is 14.6. The molecule has 1 aromatic heterocycles. The molecule has 0 unspecified atom stereocenters. The minimum atomic E-state index is 0. The van der Waals surface area contributed by atoms with Gasteiger partial charge in [0.1, 0.15) is 17.3 Å². The summed E-state index contributed by atoms with van der Waals surface area (Å²) in [6.07, 6.45) is 1.56. The van der Waals surface area contributed by atoms with E-state index in [-0.39, 0.29) is 30.0 Å². The van der Waals surface area contributed by atoms with Gasteiger partial charge in [0, 0.05) is 30.4 Å². The van der Waals surface area contributed by atoms with Gasteiger partial charge in [-0.2, -0.15) is 0 Å². The average Bonchev–Trinajstić information content (AvgIpc) is 3.15. The molecule has 0 amide bonds. The Morgan fingerprint density at radius 1 is 1.19 bits per heavy atom. The summed E-state index contributed by atoms with van der Waals surface area (Å²) in [5.41, 5.74) is 3.04. The van der Waals surface area contributed by atoms with Gasteiger partial charge < -0.3 is 14.5 Å². The predicted octanol–water partition coefficient (Wildman–Crippen LogP) is 4.98. The Bertz CT molecular complexity index is 1000. The van der Waals surface area contributed by atoms with Crippen molar-refractivity contribution in [3.05, 3.63) is 71.6 Å². The van der Waals surface area contributed by atoms with Crippen molar-refractivity contribution in [2.45, 2.75) is 32.6 Å². The quantitative estimate of drug-likeness (QED) is 0.561. The molecule has 0 saturated carbocycles. The summed E-state index contributed by atoms with van der Waals surface area (Å²) in [5, 5.41) is 3.41. The minimum Gasteiger partial charge on any atom is -0.493 e. The van der Waals surface area contributed by atoms with E-state index < -0.39 is 0 Å². The maximum atomic E-state index is 12.1. The number of piperidine rings is 1. The number of ether oxygens (including phenoxy) is 1. The number of Topliss-reactive ketones (excluding diaryl/α,β-unsaturated/α-hetero) is 1. The fraction of sp³-hybridized carbons (Fsp3) is 0.360. The molecule has 2 aromatic carbocycles. The third-order valence-corrected chi connectivity index (χ3v) is 5.81. The monoisotopic (exact) mass is 440 g/mol. The van der Waals surface area contributed by atoms with Gasteiger partial charge in [-0.25, -0.2) is 4.98 Å². The number of hydrogen-bond donors (Lipinski definition) is 1. The van der Waals surface area contributed by atoms with Crippen LogP contribution in [-0.2, 0) is 11.2 Å². The van der Waals surface area contributed by atoms with Crippen molar-refractivity contribution in [3.8, 4) is 17.2 Å². The van der Waals surface area contributed by atoms with Crippen LogP contribution in [-0.4, -0.2) is 30.5 Å². The Balaban J connectivity index is 0.00000272. The SMILES string of the molecule is CC(=O)[C@H]1CCNC[C@H]1c1cccc(OCCc2nc(-c3ccccc3)oc2C)c1.Cl. The number of rotatable bonds is 7. The second kappa shape index (κ2) is 10.6. The third-order valence-electron chi connectivity index (χ3n) is 5.81. The molecule has 1 aliphatic rings. The second-order valence-corrected chi connectivity index (χ2v) is 7.88. The summed E-state index contributed by atoms with van der Waals surface area (Å²) < 4.78 is 11.9. The molecule has 2 heterocycles. The number of halogens is 1. The highest BCUT2D eigenvalue weighted by Gasteiger charge is 2.29. The van der Waals surface area contributed by atoms with Crippen molar-refractivity contribution >= 4 is 18.2 Å². The lowest BCUT2D eigenvalue weighted by atomic mass is 9.79. The molecule has 1 fully saturated rings. The zero-order valence-corrected chi connectivity index (χ0v) is 18.8. The topological polar surface area (TPSA) is 64.4 Å². The Kier molecular flexibility index (Phi) is 7.88. The lowest BCUT2D eigenvalue weighted by Gasteiger charge is -2.31. The van der Waals surface area contributed by atoms with Crippen molar-refractivity contribution in [2.75, 3.05) is 19.7 Å². The van der Waals surface area contributed by atoms with Crippen molar-refractivity contribution in [1.29, 1.82) is 0 Å². The summed E-state index contributed by atoms with van der Waals surface area (Å²) >= 11 is 0. The van der Waals surface area contributed by atoms with E-state index in [9.17, 15) is 4.79 Å². The van der Waals surface area contributed by atoms with Crippen LogP contribution in [0.4, 0.5) is 0 Å². The highest BCUT2D eigenvalue weighted by Crippen LogP contribution is 2.32. The summed E-state index contributed by atoms with van der Waals surface area (Å²) in [7, 11) is 0. The van der Waals surface area contributed by atoms with Crippen LogP contribution < -0.4 is 10.1 Å². The number of ketones is 1. The average molecular weight is 441 g/mol. The van der Waals surface area contributed by atoms with Crippen LogP contribution in [0.2, 0.25) is 0 Å². The lowest BCUT2D eigenvalue weighted by molar-refractivity contribution is -0.122. The first-order valence-electron chi connectivity index (χ1n) is 10.6. The van der Waals surface area contributed by atoms with Gasteiger partial charge in [-0.05, 0) is 56.6 Å². The van der Waals surface area contributed by atoms with Gasteiger partial charge in [-0.1, -0.05) is 30.3 Å². The molecule has 2 atom stereocenters. The Hall–Kier alpha value is -2.63. The van der Waals surface area contributed by atoms with Crippen LogP contribution in [0, 0.1) is 12.8 Å². The molecule has 4 rings (SSSR count). The molecule has 5 nitrogen and oxygen atoms in total. The predicted molar refractivity (Wildman–Crippen MR) is 124 cm³/mol. The van der Waals surface area contributed by atoms with Crippen LogP contribution in [0.15, 0.2) is 59.0 Å². The van der Waals surface area contributed by atoms with Crippen LogP contribution in [0.3, 0.4) is 0 Å². The zero-order valence-electron chi connectivity index (χ0n) is 18.0. The number of nitrogens with zero attached hydrogens (tertiary/aromatic N) is 1. The van der Waals surface area contributed by atoms with E-state index in [0.717, 1.165) is 47.8 Å². The van der Waals surface area contributed by atoms with Gasteiger partial charge in [-0.3, -0.25) is 4.79 Å². The summed E-state index contributed by atoms with van der Waals surface area (Å²) in [6, 6.07) is 18.0. The standard InChI is InChI=1S/C25H28N2O3.ClH/c1-17(28)22-11-13-26-16-23(22)20-9-6-10-21(15-20)29-14-12-24-18(2)30-25(27-24)19-7-4-3-5-8-19;/h3-10,15,22-23,26H,11-14,16H2,1-2H3;1H/t22-,23+;/m1./s1. The molecule has 6 heteroatoms. The normalized spacial score (nSPS) is 18.3. The summed E-state index contributed by atoms with van der Waals surface area (Å²) in [5.74, 6) is 2.84. The number of aromatic nitrogens is 1. The highest BCUT2D eigenvalue weighted by atomic mass is 35.5. The molecule has 1 N–H and O–H groups in total. The van der Waals surface area contributed by atoms with Crippen molar-refractivity contribution in [3.63, 3.8) is 0 Å². The molecule has 3 aromatic rings. The van der Waals surface area contributed by atoms with Gasteiger partial charge in [0.05, 0.1) is 12.3 Å². The van der Waals surface area contributed by atoms with E-state index in [4.69, 9.17) is 9.15 Å². The number of benzene rings is 2. The molecule has 0 aliphatic carbocycles. The molecule has 0 radical (unpaired) electrons. The first-order valence-corrected chi connectivity index (χ1v) is 10.6. The largest absolute Gasteiger partial charge is 0.493 e. The molecule has 164 valence electrons. The molecule has 31 heavy (non-hydrogen) atoms. The van der Waals surface area contributed by atoms with Gasteiger partial charge in [0.25, 0.3) is 0 Å². The summed E-state index contributed by atoms with van der Waals surface area (Å²) in [4.78, 5) is 16.7. The number of aryl methyl sites for hydroxylation is 1. The fourth-order valence-electron chi connectivity index (χ4n) is 4.16. The van der Waals surface area contributed by atoms with E-state index in [1.54, 1.807) is 6.92 Å². The smallest absolute Gasteiger partial charge is 0.226 e. The van der Waals surface area contributed by atoms with E-state index >= 15 is 0 Å². The Morgan fingerprint density at radius 2 is 2.00 bits per heavy atom. The highest BCUT2D eigenvalue weighted by molar-refractivity contribution is 5.85. The van der Waals surface area contributed by atoms with Crippen molar-refractivity contribution in [1.82, 2.24) is 10.3 Å². The molecule has 1 aliphatic heterocycles. The molecular weight excluding hydrogens is 412 g/mol. The van der Waals surface area contributed by atoms with Crippen molar-refractivity contribution < 1.29 is 13.9 Å². The van der Waals surface area contributed by atoms with E-state index in [1.165, 1.54) is 0 Å². The van der Waals surface area contributed by atoms with Gasteiger partial charge in [-0.15, -0.1) is 12.4 Å². The van der Waals surface area contributed by atoms with E-state index in [1.807, 2.05) is 49.4 Å². The fourth-order valence-corrected chi connectivity index (χ4v) is 4.16. The van der Waals surface area contributed by atoms with Gasteiger partial charge in [0.15, 0.2) is 0 Å². The maximum absolute atomic E-state index is 12.1.